The summed E-state index contributed by atoms with van der Waals surface area (Å²) >= 11 is 0. The van der Waals surface area contributed by atoms with E-state index >= 15 is 0 Å². The number of nitrogens with one attached hydrogen (secondary N) is 1. The second-order valence-electron chi connectivity index (χ2n) is 6.39. The van der Waals surface area contributed by atoms with Crippen LogP contribution in [0.4, 0.5) is 0 Å². The van der Waals surface area contributed by atoms with Gasteiger partial charge in [-0.1, -0.05) is 13.8 Å². The fourth-order valence-electron chi connectivity index (χ4n) is 2.77. The lowest BCUT2D eigenvalue weighted by atomic mass is 9.90. The molecule has 3 heteroatoms. The van der Waals surface area contributed by atoms with Gasteiger partial charge in [0.25, 0.3) is 0 Å². The normalized spacial score (nSPS) is 20.3. The van der Waals surface area contributed by atoms with E-state index in [0.29, 0.717) is 12.0 Å². The van der Waals surface area contributed by atoms with Gasteiger partial charge in [0, 0.05) is 30.4 Å². The van der Waals surface area contributed by atoms with Gasteiger partial charge < -0.3 is 10.4 Å². The molecule has 1 saturated carbocycles. The number of aliphatic hydroxyl groups excluding tert-OH is 1. The number of aromatic nitrogens is 1. The monoisotopic (exact) mass is 262 g/mol. The van der Waals surface area contributed by atoms with E-state index in [9.17, 15) is 5.11 Å². The van der Waals surface area contributed by atoms with Crippen LogP contribution in [0.2, 0.25) is 0 Å². The molecule has 0 unspecified atom stereocenters. The van der Waals surface area contributed by atoms with Crippen LogP contribution in [0.15, 0.2) is 24.5 Å². The van der Waals surface area contributed by atoms with Crippen molar-refractivity contribution in [2.45, 2.75) is 52.2 Å². The first-order chi connectivity index (χ1) is 9.03. The van der Waals surface area contributed by atoms with Crippen LogP contribution in [-0.2, 0) is 6.42 Å². The minimum Gasteiger partial charge on any atom is -0.392 e. The summed E-state index contributed by atoms with van der Waals surface area (Å²) in [6.45, 7) is 7.34. The van der Waals surface area contributed by atoms with Crippen molar-refractivity contribution in [3.8, 4) is 0 Å². The second kappa shape index (κ2) is 6.02. The first-order valence-electron chi connectivity index (χ1n) is 7.34. The molecule has 1 aromatic heterocycles. The molecule has 0 saturated heterocycles. The maximum atomic E-state index is 10.3. The molecule has 106 valence electrons. The van der Waals surface area contributed by atoms with E-state index in [0.717, 1.165) is 25.8 Å². The largest absolute Gasteiger partial charge is 0.392 e. The molecule has 0 aliphatic heterocycles. The summed E-state index contributed by atoms with van der Waals surface area (Å²) < 4.78 is 0. The Morgan fingerprint density at radius 1 is 1.26 bits per heavy atom. The molecule has 2 atom stereocenters. The molecule has 19 heavy (non-hydrogen) atoms. The zero-order chi connectivity index (χ0) is 13.9. The van der Waals surface area contributed by atoms with Crippen molar-refractivity contribution in [3.63, 3.8) is 0 Å². The average molecular weight is 262 g/mol. The summed E-state index contributed by atoms with van der Waals surface area (Å²) in [5.41, 5.74) is 1.45. The summed E-state index contributed by atoms with van der Waals surface area (Å²) in [4.78, 5) is 4.04. The summed E-state index contributed by atoms with van der Waals surface area (Å²) in [7, 11) is 0. The Balaban J connectivity index is 1.79. The Bertz CT molecular complexity index is 387. The molecule has 1 heterocycles. The second-order valence-corrected chi connectivity index (χ2v) is 6.39. The van der Waals surface area contributed by atoms with Gasteiger partial charge in [-0.2, -0.15) is 0 Å². The summed E-state index contributed by atoms with van der Waals surface area (Å²) in [5, 5.41) is 13.9. The van der Waals surface area contributed by atoms with E-state index in [-0.39, 0.29) is 11.5 Å². The molecule has 1 aliphatic carbocycles. The van der Waals surface area contributed by atoms with Crippen LogP contribution in [0.3, 0.4) is 0 Å². The van der Waals surface area contributed by atoms with Crippen LogP contribution < -0.4 is 5.32 Å². The molecule has 3 nitrogen and oxygen atoms in total. The third-order valence-electron chi connectivity index (χ3n) is 4.24. The molecular weight excluding hydrogens is 236 g/mol. The number of hydrogen-bond donors (Lipinski definition) is 2. The summed E-state index contributed by atoms with van der Waals surface area (Å²) in [5.74, 6) is 0.347. The van der Waals surface area contributed by atoms with Crippen molar-refractivity contribution in [1.82, 2.24) is 10.3 Å². The van der Waals surface area contributed by atoms with Crippen LogP contribution in [-0.4, -0.2) is 28.8 Å². The number of pyridine rings is 1. The van der Waals surface area contributed by atoms with E-state index in [1.807, 2.05) is 12.4 Å². The maximum absolute atomic E-state index is 10.3. The SMILES string of the molecule is CC(C)[C@@H](O)C1(CN[C@H](C)Cc2ccncc2)CC1. The lowest BCUT2D eigenvalue weighted by Crippen LogP contribution is -2.40. The lowest BCUT2D eigenvalue weighted by molar-refractivity contribution is 0.0492. The predicted molar refractivity (Wildman–Crippen MR) is 77.9 cm³/mol. The molecule has 2 rings (SSSR count). The Morgan fingerprint density at radius 3 is 2.42 bits per heavy atom. The molecule has 2 N–H and O–H groups in total. The summed E-state index contributed by atoms with van der Waals surface area (Å²) in [6.07, 6.45) is 6.83. The topological polar surface area (TPSA) is 45.1 Å². The first kappa shape index (κ1) is 14.5. The zero-order valence-corrected chi connectivity index (χ0v) is 12.3. The van der Waals surface area contributed by atoms with E-state index in [1.54, 1.807) is 0 Å². The molecule has 0 amide bonds. The molecule has 0 radical (unpaired) electrons. The van der Waals surface area contributed by atoms with Gasteiger partial charge in [0.1, 0.15) is 0 Å². The molecule has 0 aromatic carbocycles. The molecule has 0 spiro atoms. The Labute approximate surface area is 116 Å². The van der Waals surface area contributed by atoms with Crippen molar-refractivity contribution >= 4 is 0 Å². The van der Waals surface area contributed by atoms with Crippen LogP contribution in [0.1, 0.15) is 39.2 Å². The van der Waals surface area contributed by atoms with Gasteiger partial charge >= 0.3 is 0 Å². The Kier molecular flexibility index (Phi) is 4.58. The smallest absolute Gasteiger partial charge is 0.0631 e. The standard InChI is InChI=1S/C16H26N2O/c1-12(2)15(19)16(6-7-16)11-18-13(3)10-14-4-8-17-9-5-14/h4-5,8-9,12-13,15,18-19H,6-7,10-11H2,1-3H3/t13-,15-/m1/s1. The van der Waals surface area contributed by atoms with Gasteiger partial charge in [0.05, 0.1) is 6.10 Å². The highest BCUT2D eigenvalue weighted by atomic mass is 16.3. The third-order valence-corrected chi connectivity index (χ3v) is 4.24. The Hall–Kier alpha value is -0.930. The number of nitrogens with zero attached hydrogens (tertiary/aromatic N) is 1. The van der Waals surface area contributed by atoms with Gasteiger partial charge in [-0.05, 0) is 49.8 Å². The van der Waals surface area contributed by atoms with Crippen molar-refractivity contribution < 1.29 is 5.11 Å². The molecule has 0 bridgehead atoms. The zero-order valence-electron chi connectivity index (χ0n) is 12.3. The Morgan fingerprint density at radius 2 is 1.89 bits per heavy atom. The van der Waals surface area contributed by atoms with Crippen molar-refractivity contribution in [3.05, 3.63) is 30.1 Å². The van der Waals surface area contributed by atoms with Crippen molar-refractivity contribution in [1.29, 1.82) is 0 Å². The van der Waals surface area contributed by atoms with Gasteiger partial charge in [-0.25, -0.2) is 0 Å². The van der Waals surface area contributed by atoms with Crippen molar-refractivity contribution in [2.24, 2.45) is 11.3 Å². The highest BCUT2D eigenvalue weighted by Gasteiger charge is 2.49. The minimum absolute atomic E-state index is 0.140. The highest BCUT2D eigenvalue weighted by Crippen LogP contribution is 2.50. The van der Waals surface area contributed by atoms with Gasteiger partial charge in [0.2, 0.25) is 0 Å². The third kappa shape index (κ3) is 3.77. The van der Waals surface area contributed by atoms with E-state index in [4.69, 9.17) is 0 Å². The fourth-order valence-corrected chi connectivity index (χ4v) is 2.77. The number of hydrogen-bond acceptors (Lipinski definition) is 3. The van der Waals surface area contributed by atoms with E-state index in [1.165, 1.54) is 5.56 Å². The van der Waals surface area contributed by atoms with Gasteiger partial charge in [0.15, 0.2) is 0 Å². The van der Waals surface area contributed by atoms with Gasteiger partial charge in [-0.3, -0.25) is 4.98 Å². The molecular formula is C16H26N2O. The van der Waals surface area contributed by atoms with E-state index in [2.05, 4.69) is 43.2 Å². The fraction of sp³-hybridized carbons (Fsp3) is 0.688. The van der Waals surface area contributed by atoms with Crippen molar-refractivity contribution in [2.75, 3.05) is 6.54 Å². The summed E-state index contributed by atoms with van der Waals surface area (Å²) in [6, 6.07) is 4.56. The molecule has 1 aromatic rings. The first-order valence-corrected chi connectivity index (χ1v) is 7.34. The minimum atomic E-state index is -0.173. The van der Waals surface area contributed by atoms with Crippen LogP contribution >= 0.6 is 0 Å². The number of rotatable bonds is 7. The van der Waals surface area contributed by atoms with Crippen LogP contribution in [0.25, 0.3) is 0 Å². The lowest BCUT2D eigenvalue weighted by Gasteiger charge is -2.27. The highest BCUT2D eigenvalue weighted by molar-refractivity contribution is 5.11. The quantitative estimate of drug-likeness (QED) is 0.793. The molecule has 1 fully saturated rings. The predicted octanol–water partition coefficient (Wildman–Crippen LogP) is 2.40. The van der Waals surface area contributed by atoms with Crippen LogP contribution in [0, 0.1) is 11.3 Å². The average Bonchev–Trinajstić information content (AvgIpc) is 3.18. The van der Waals surface area contributed by atoms with Gasteiger partial charge in [-0.15, -0.1) is 0 Å². The maximum Gasteiger partial charge on any atom is 0.0631 e. The molecule has 1 aliphatic rings. The number of aliphatic hydroxyl groups is 1. The van der Waals surface area contributed by atoms with E-state index < -0.39 is 0 Å². The van der Waals surface area contributed by atoms with Crippen LogP contribution in [0.5, 0.6) is 0 Å².